The van der Waals surface area contributed by atoms with Crippen LogP contribution in [0.5, 0.6) is 0 Å². The molecule has 0 aromatic heterocycles. The zero-order valence-electron chi connectivity index (χ0n) is 6.21. The molecule has 0 bridgehead atoms. The fourth-order valence-electron chi connectivity index (χ4n) is 0.298. The van der Waals surface area contributed by atoms with E-state index in [-0.39, 0.29) is 5.48 Å². The fraction of sp³-hybridized carbons (Fsp3) is 0.250. The summed E-state index contributed by atoms with van der Waals surface area (Å²) in [5.41, 5.74) is 0. The minimum Gasteiger partial charge on any atom is -0.473 e. The van der Waals surface area contributed by atoms with Gasteiger partial charge in [-0.3, -0.25) is 0 Å². The van der Waals surface area contributed by atoms with Crippen LogP contribution in [0.4, 0.5) is 0 Å². The molecule has 0 spiro atoms. The summed E-state index contributed by atoms with van der Waals surface area (Å²) in [6.07, 6.45) is 9.58. The molecule has 0 saturated heterocycles. The van der Waals surface area contributed by atoms with E-state index in [0.29, 0.717) is 0 Å². The summed E-state index contributed by atoms with van der Waals surface area (Å²) in [5.74, 6) is 0. The largest absolute Gasteiger partial charge is 0.473 e. The first kappa shape index (κ1) is 11.7. The maximum atomic E-state index is 4.88. The van der Waals surface area contributed by atoms with Gasteiger partial charge >= 0.3 is 0 Å². The molecule has 0 aliphatic carbocycles. The summed E-state index contributed by atoms with van der Waals surface area (Å²) >= 11 is 0. The molecular formula is C8H14O2. The molecule has 0 aromatic rings. The Morgan fingerprint density at radius 3 is 2.60 bits per heavy atom. The van der Waals surface area contributed by atoms with Crippen molar-refractivity contribution in [2.24, 2.45) is 0 Å². The fourth-order valence-corrected chi connectivity index (χ4v) is 0.298. The first-order valence-corrected chi connectivity index (χ1v) is 3.00. The molecule has 2 nitrogen and oxygen atoms in total. The van der Waals surface area contributed by atoms with Crippen LogP contribution in [-0.4, -0.2) is 5.48 Å². The summed E-state index contributed by atoms with van der Waals surface area (Å²) in [6, 6.07) is 0. The van der Waals surface area contributed by atoms with Crippen molar-refractivity contribution in [1.82, 2.24) is 0 Å². The first-order chi connectivity index (χ1) is 4.41. The average Bonchev–Trinajstić information content (AvgIpc) is 1.89. The number of hydrogen-bond donors (Lipinski definition) is 0. The number of allylic oxidation sites excluding steroid dienone is 3. The van der Waals surface area contributed by atoms with Gasteiger partial charge in [-0.15, -0.1) is 0 Å². The lowest BCUT2D eigenvalue weighted by Crippen LogP contribution is -1.62. The maximum Gasteiger partial charge on any atom is 0.0901 e. The van der Waals surface area contributed by atoms with E-state index < -0.39 is 0 Å². The second-order valence-electron chi connectivity index (χ2n) is 1.48. The predicted octanol–water partition coefficient (Wildman–Crippen LogP) is 1.80. The van der Waals surface area contributed by atoms with Gasteiger partial charge in [0.15, 0.2) is 0 Å². The van der Waals surface area contributed by atoms with Crippen molar-refractivity contribution in [2.75, 3.05) is 0 Å². The highest BCUT2D eigenvalue weighted by Gasteiger charge is 1.64. The van der Waals surface area contributed by atoms with Crippen molar-refractivity contribution in [1.29, 1.82) is 0 Å². The van der Waals surface area contributed by atoms with Gasteiger partial charge in [-0.1, -0.05) is 19.6 Å². The van der Waals surface area contributed by atoms with Crippen LogP contribution < -0.4 is 0 Å². The van der Waals surface area contributed by atoms with Crippen molar-refractivity contribution in [3.63, 3.8) is 0 Å². The van der Waals surface area contributed by atoms with E-state index in [1.54, 1.807) is 24.7 Å². The number of hydrogen-bond acceptors (Lipinski definition) is 1. The Morgan fingerprint density at radius 2 is 2.10 bits per heavy atom. The Morgan fingerprint density at radius 1 is 1.40 bits per heavy atom. The van der Waals surface area contributed by atoms with Gasteiger partial charge in [-0.25, -0.2) is 0 Å². The standard InChI is InChI=1S/C8H12O.H2O/c1-3-5-7-9-8-6-4-2;/h3,5-8H,1,4H2,2H3;1H2. The summed E-state index contributed by atoms with van der Waals surface area (Å²) in [7, 11) is 0. The van der Waals surface area contributed by atoms with E-state index in [4.69, 9.17) is 4.74 Å². The third-order valence-electron chi connectivity index (χ3n) is 0.704. The highest BCUT2D eigenvalue weighted by Crippen LogP contribution is 1.83. The van der Waals surface area contributed by atoms with Crippen LogP contribution in [0.25, 0.3) is 0 Å². The third kappa shape index (κ3) is 10.1. The Balaban J connectivity index is 0. The molecule has 0 atom stereocenters. The second kappa shape index (κ2) is 10.9. The molecule has 0 rings (SSSR count). The van der Waals surface area contributed by atoms with Crippen molar-refractivity contribution in [3.05, 3.63) is 37.3 Å². The third-order valence-corrected chi connectivity index (χ3v) is 0.704. The normalized spacial score (nSPS) is 9.70. The smallest absolute Gasteiger partial charge is 0.0901 e. The van der Waals surface area contributed by atoms with E-state index >= 15 is 0 Å². The lowest BCUT2D eigenvalue weighted by molar-refractivity contribution is 0.401. The topological polar surface area (TPSA) is 40.7 Å². The first-order valence-electron chi connectivity index (χ1n) is 3.00. The van der Waals surface area contributed by atoms with Crippen LogP contribution >= 0.6 is 0 Å². The van der Waals surface area contributed by atoms with Crippen LogP contribution in [-0.2, 0) is 4.74 Å². The van der Waals surface area contributed by atoms with E-state index in [1.165, 1.54) is 0 Å². The highest BCUT2D eigenvalue weighted by atomic mass is 16.5. The molecule has 0 aliphatic heterocycles. The van der Waals surface area contributed by atoms with Crippen molar-refractivity contribution in [2.45, 2.75) is 13.3 Å². The molecule has 2 heteroatoms. The van der Waals surface area contributed by atoms with Crippen LogP contribution in [0.1, 0.15) is 13.3 Å². The lowest BCUT2D eigenvalue weighted by atomic mass is 10.5. The van der Waals surface area contributed by atoms with Crippen LogP contribution in [0.15, 0.2) is 37.3 Å². The van der Waals surface area contributed by atoms with Crippen LogP contribution in [0.2, 0.25) is 0 Å². The van der Waals surface area contributed by atoms with Crippen molar-refractivity contribution < 1.29 is 10.2 Å². The van der Waals surface area contributed by atoms with Crippen molar-refractivity contribution >= 4 is 0 Å². The van der Waals surface area contributed by atoms with E-state index in [9.17, 15) is 0 Å². The molecular weight excluding hydrogens is 128 g/mol. The van der Waals surface area contributed by atoms with Gasteiger partial charge in [0.05, 0.1) is 12.5 Å². The minimum atomic E-state index is 0. The van der Waals surface area contributed by atoms with E-state index in [0.717, 1.165) is 6.42 Å². The van der Waals surface area contributed by atoms with Gasteiger partial charge in [-0.2, -0.15) is 0 Å². The monoisotopic (exact) mass is 142 g/mol. The Hall–Kier alpha value is -1.02. The maximum absolute atomic E-state index is 4.88. The molecule has 0 radical (unpaired) electrons. The predicted molar refractivity (Wildman–Crippen MR) is 43.5 cm³/mol. The zero-order chi connectivity index (χ0) is 6.95. The molecule has 0 aliphatic rings. The molecule has 58 valence electrons. The summed E-state index contributed by atoms with van der Waals surface area (Å²) in [5, 5.41) is 0. The van der Waals surface area contributed by atoms with Gasteiger partial charge in [-0.05, 0) is 18.6 Å². The lowest BCUT2D eigenvalue weighted by Gasteiger charge is -1.84. The molecule has 0 fully saturated rings. The summed E-state index contributed by atoms with van der Waals surface area (Å²) < 4.78 is 4.88. The quantitative estimate of drug-likeness (QED) is 0.436. The Kier molecular flexibility index (Phi) is 12.8. The van der Waals surface area contributed by atoms with Gasteiger partial charge in [0.1, 0.15) is 0 Å². The summed E-state index contributed by atoms with van der Waals surface area (Å²) in [4.78, 5) is 0. The average molecular weight is 142 g/mol. The molecule has 0 saturated carbocycles. The molecule has 0 amide bonds. The Bertz CT molecular complexity index is 114. The van der Waals surface area contributed by atoms with E-state index in [2.05, 4.69) is 13.5 Å². The minimum absolute atomic E-state index is 0. The van der Waals surface area contributed by atoms with Gasteiger partial charge < -0.3 is 10.2 Å². The van der Waals surface area contributed by atoms with Crippen LogP contribution in [0, 0.1) is 0 Å². The van der Waals surface area contributed by atoms with Gasteiger partial charge in [0.2, 0.25) is 0 Å². The molecule has 0 unspecified atom stereocenters. The van der Waals surface area contributed by atoms with Crippen LogP contribution in [0.3, 0.4) is 0 Å². The van der Waals surface area contributed by atoms with Crippen molar-refractivity contribution in [3.8, 4) is 0 Å². The van der Waals surface area contributed by atoms with Gasteiger partial charge in [0, 0.05) is 0 Å². The molecule has 10 heavy (non-hydrogen) atoms. The highest BCUT2D eigenvalue weighted by molar-refractivity contribution is 4.93. The molecule has 0 heterocycles. The SMILES string of the molecule is C=CC=COC=CCC.O. The summed E-state index contributed by atoms with van der Waals surface area (Å²) in [6.45, 7) is 5.54. The zero-order valence-corrected chi connectivity index (χ0v) is 6.21. The second-order valence-corrected chi connectivity index (χ2v) is 1.48. The number of ether oxygens (including phenoxy) is 1. The molecule has 2 N–H and O–H groups in total. The Labute approximate surface area is 61.8 Å². The van der Waals surface area contributed by atoms with E-state index in [1.807, 2.05) is 6.08 Å². The number of rotatable bonds is 4. The molecule has 0 aromatic carbocycles. The van der Waals surface area contributed by atoms with Gasteiger partial charge in [0.25, 0.3) is 0 Å².